The molecule has 1 N–H and O–H groups in total. The van der Waals surface area contributed by atoms with Gasteiger partial charge in [-0.2, -0.15) is 0 Å². The summed E-state index contributed by atoms with van der Waals surface area (Å²) in [5.74, 6) is 3.32. The third-order valence-electron chi connectivity index (χ3n) is 2.56. The van der Waals surface area contributed by atoms with Crippen LogP contribution in [0, 0.1) is 12.3 Å². The maximum absolute atomic E-state index is 11.6. The zero-order chi connectivity index (χ0) is 13.2. The Balaban J connectivity index is 2.23. The van der Waals surface area contributed by atoms with Gasteiger partial charge in [0.15, 0.2) is 0 Å². The smallest absolute Gasteiger partial charge is 0.223 e. The van der Waals surface area contributed by atoms with E-state index in [1.54, 1.807) is 0 Å². The molecule has 0 radical (unpaired) electrons. The Bertz CT molecular complexity index is 395. The summed E-state index contributed by atoms with van der Waals surface area (Å²) < 4.78 is 5.45. The SMILES string of the molecule is C#CCC(CC)NC(=O)CCOc1ccccc1. The highest BCUT2D eigenvalue weighted by atomic mass is 16.5. The first-order valence-corrected chi connectivity index (χ1v) is 6.17. The van der Waals surface area contributed by atoms with Gasteiger partial charge in [-0.25, -0.2) is 0 Å². The highest BCUT2D eigenvalue weighted by Crippen LogP contribution is 2.08. The molecule has 18 heavy (non-hydrogen) atoms. The molecule has 0 aliphatic heterocycles. The summed E-state index contributed by atoms with van der Waals surface area (Å²) in [5.41, 5.74) is 0. The van der Waals surface area contributed by atoms with E-state index in [2.05, 4.69) is 11.2 Å². The van der Waals surface area contributed by atoms with Gasteiger partial charge in [0.2, 0.25) is 5.91 Å². The second kappa shape index (κ2) is 8.19. The van der Waals surface area contributed by atoms with Crippen LogP contribution >= 0.6 is 0 Å². The average molecular weight is 245 g/mol. The van der Waals surface area contributed by atoms with Crippen molar-refractivity contribution in [1.82, 2.24) is 5.32 Å². The summed E-state index contributed by atoms with van der Waals surface area (Å²) in [6.07, 6.45) is 6.99. The number of terminal acetylenes is 1. The van der Waals surface area contributed by atoms with Gasteiger partial charge in [0, 0.05) is 12.5 Å². The fourth-order valence-electron chi connectivity index (χ4n) is 1.52. The summed E-state index contributed by atoms with van der Waals surface area (Å²) >= 11 is 0. The zero-order valence-electron chi connectivity index (χ0n) is 10.7. The highest BCUT2D eigenvalue weighted by Gasteiger charge is 2.08. The molecule has 0 spiro atoms. The van der Waals surface area contributed by atoms with Crippen LogP contribution in [-0.2, 0) is 4.79 Å². The molecule has 3 nitrogen and oxygen atoms in total. The maximum Gasteiger partial charge on any atom is 0.223 e. The van der Waals surface area contributed by atoms with E-state index in [4.69, 9.17) is 11.2 Å². The molecule has 0 heterocycles. The van der Waals surface area contributed by atoms with Crippen molar-refractivity contribution in [1.29, 1.82) is 0 Å². The Kier molecular flexibility index (Phi) is 6.42. The molecule has 1 rings (SSSR count). The molecule has 0 aromatic heterocycles. The van der Waals surface area contributed by atoms with Crippen LogP contribution in [0.3, 0.4) is 0 Å². The number of hydrogen-bond acceptors (Lipinski definition) is 2. The van der Waals surface area contributed by atoms with Crippen molar-refractivity contribution in [2.24, 2.45) is 0 Å². The molecule has 0 saturated heterocycles. The first kappa shape index (κ1) is 14.1. The largest absolute Gasteiger partial charge is 0.493 e. The maximum atomic E-state index is 11.6. The number of hydrogen-bond donors (Lipinski definition) is 1. The van der Waals surface area contributed by atoms with Crippen LogP contribution in [0.2, 0.25) is 0 Å². The third-order valence-corrected chi connectivity index (χ3v) is 2.56. The lowest BCUT2D eigenvalue weighted by atomic mass is 10.1. The number of nitrogens with one attached hydrogen (secondary N) is 1. The first-order chi connectivity index (χ1) is 8.76. The van der Waals surface area contributed by atoms with E-state index >= 15 is 0 Å². The minimum absolute atomic E-state index is 0.0203. The number of para-hydroxylation sites is 1. The molecule has 1 aromatic rings. The lowest BCUT2D eigenvalue weighted by molar-refractivity contribution is -0.122. The van der Waals surface area contributed by atoms with E-state index in [0.29, 0.717) is 19.4 Å². The molecule has 1 atom stereocenters. The number of rotatable bonds is 7. The second-order valence-corrected chi connectivity index (χ2v) is 3.99. The molecule has 1 amide bonds. The minimum atomic E-state index is -0.0203. The average Bonchev–Trinajstić information content (AvgIpc) is 2.39. The van der Waals surface area contributed by atoms with Crippen LogP contribution in [0.25, 0.3) is 0 Å². The fraction of sp³-hybridized carbons (Fsp3) is 0.400. The van der Waals surface area contributed by atoms with Crippen LogP contribution in [0.1, 0.15) is 26.2 Å². The molecule has 0 saturated carbocycles. The van der Waals surface area contributed by atoms with Gasteiger partial charge >= 0.3 is 0 Å². The van der Waals surface area contributed by atoms with Gasteiger partial charge in [-0.1, -0.05) is 25.1 Å². The lowest BCUT2D eigenvalue weighted by Crippen LogP contribution is -2.34. The number of amides is 1. The standard InChI is InChI=1S/C15H19NO2/c1-3-8-13(4-2)16-15(17)11-12-18-14-9-6-5-7-10-14/h1,5-7,9-10,13H,4,8,11-12H2,2H3,(H,16,17). The number of benzene rings is 1. The third kappa shape index (κ3) is 5.40. The Morgan fingerprint density at radius 1 is 1.44 bits per heavy atom. The topological polar surface area (TPSA) is 38.3 Å². The molecule has 0 aliphatic carbocycles. The number of ether oxygens (including phenoxy) is 1. The minimum Gasteiger partial charge on any atom is -0.493 e. The van der Waals surface area contributed by atoms with Crippen molar-refractivity contribution < 1.29 is 9.53 Å². The van der Waals surface area contributed by atoms with Gasteiger partial charge in [-0.15, -0.1) is 12.3 Å². The van der Waals surface area contributed by atoms with E-state index in [9.17, 15) is 4.79 Å². The predicted molar refractivity (Wildman–Crippen MR) is 72.2 cm³/mol. The quantitative estimate of drug-likeness (QED) is 0.749. The van der Waals surface area contributed by atoms with E-state index in [1.807, 2.05) is 37.3 Å². The van der Waals surface area contributed by atoms with Gasteiger partial charge in [0.25, 0.3) is 0 Å². The van der Waals surface area contributed by atoms with E-state index in [1.165, 1.54) is 0 Å². The van der Waals surface area contributed by atoms with Gasteiger partial charge in [0.1, 0.15) is 5.75 Å². The van der Waals surface area contributed by atoms with Crippen molar-refractivity contribution in [3.8, 4) is 18.1 Å². The summed E-state index contributed by atoms with van der Waals surface area (Å²) in [7, 11) is 0. The van der Waals surface area contributed by atoms with Gasteiger partial charge < -0.3 is 10.1 Å². The molecule has 1 unspecified atom stereocenters. The molecule has 0 bridgehead atoms. The van der Waals surface area contributed by atoms with Gasteiger partial charge in [-0.05, 0) is 18.6 Å². The van der Waals surface area contributed by atoms with Crippen LogP contribution in [0.4, 0.5) is 0 Å². The molecule has 0 aliphatic rings. The fourth-order valence-corrected chi connectivity index (χ4v) is 1.52. The van der Waals surface area contributed by atoms with Crippen LogP contribution in [-0.4, -0.2) is 18.6 Å². The number of carbonyl (C=O) groups is 1. The Morgan fingerprint density at radius 2 is 2.17 bits per heavy atom. The summed E-state index contributed by atoms with van der Waals surface area (Å²) in [5, 5.41) is 2.89. The summed E-state index contributed by atoms with van der Waals surface area (Å²) in [6, 6.07) is 9.52. The van der Waals surface area contributed by atoms with Crippen LogP contribution in [0.15, 0.2) is 30.3 Å². The highest BCUT2D eigenvalue weighted by molar-refractivity contribution is 5.76. The Hall–Kier alpha value is -1.95. The van der Waals surface area contributed by atoms with Crippen molar-refractivity contribution >= 4 is 5.91 Å². The zero-order valence-corrected chi connectivity index (χ0v) is 10.7. The van der Waals surface area contributed by atoms with Crippen molar-refractivity contribution in [2.45, 2.75) is 32.2 Å². The predicted octanol–water partition coefficient (Wildman–Crippen LogP) is 2.37. The van der Waals surface area contributed by atoms with E-state index in [0.717, 1.165) is 12.2 Å². The van der Waals surface area contributed by atoms with Gasteiger partial charge in [0.05, 0.1) is 13.0 Å². The normalized spacial score (nSPS) is 11.3. The summed E-state index contributed by atoms with van der Waals surface area (Å²) in [6.45, 7) is 2.38. The van der Waals surface area contributed by atoms with Gasteiger partial charge in [-0.3, -0.25) is 4.79 Å². The Morgan fingerprint density at radius 3 is 2.78 bits per heavy atom. The monoisotopic (exact) mass is 245 g/mol. The van der Waals surface area contributed by atoms with Crippen LogP contribution in [0.5, 0.6) is 5.75 Å². The van der Waals surface area contributed by atoms with E-state index in [-0.39, 0.29) is 11.9 Å². The number of carbonyl (C=O) groups excluding carboxylic acids is 1. The molecule has 3 heteroatoms. The second-order valence-electron chi connectivity index (χ2n) is 3.99. The molecule has 96 valence electrons. The molecule has 1 aromatic carbocycles. The molecule has 0 fully saturated rings. The molecular formula is C15H19NO2. The molecular weight excluding hydrogens is 226 g/mol. The van der Waals surface area contributed by atoms with Crippen LogP contribution < -0.4 is 10.1 Å². The lowest BCUT2D eigenvalue weighted by Gasteiger charge is -2.14. The first-order valence-electron chi connectivity index (χ1n) is 6.17. The van der Waals surface area contributed by atoms with Crippen molar-refractivity contribution in [2.75, 3.05) is 6.61 Å². The Labute approximate surface area is 109 Å². The van der Waals surface area contributed by atoms with E-state index < -0.39 is 0 Å². The van der Waals surface area contributed by atoms with Crippen molar-refractivity contribution in [3.05, 3.63) is 30.3 Å². The summed E-state index contributed by atoms with van der Waals surface area (Å²) in [4.78, 5) is 11.6. The van der Waals surface area contributed by atoms with Crippen molar-refractivity contribution in [3.63, 3.8) is 0 Å².